The number of hydrogen-bond donors (Lipinski definition) is 3. The van der Waals surface area contributed by atoms with Crippen molar-refractivity contribution in [2.45, 2.75) is 30.7 Å². The molecule has 1 rings (SSSR count). The van der Waals surface area contributed by atoms with Crippen LogP contribution in [0.5, 0.6) is 0 Å². The minimum atomic E-state index is -1.29. The third-order valence-electron chi connectivity index (χ3n) is 2.33. The topological polar surface area (TPSA) is 111 Å². The maximum atomic E-state index is 11.0. The summed E-state index contributed by atoms with van der Waals surface area (Å²) >= 11 is 0. The zero-order chi connectivity index (χ0) is 11.6. The number of methoxy groups -OCH3 is 2. The molecular weight excluding hydrogens is 206 g/mol. The van der Waals surface area contributed by atoms with Gasteiger partial charge < -0.3 is 30.2 Å². The number of hydrogen-bond acceptors (Lipinski definition) is 6. The van der Waals surface area contributed by atoms with Gasteiger partial charge in [-0.05, 0) is 0 Å². The maximum absolute atomic E-state index is 11.0. The van der Waals surface area contributed by atoms with Crippen molar-refractivity contribution < 1.29 is 29.2 Å². The smallest absolute Gasteiger partial charge is 0.249 e. The highest BCUT2D eigenvalue weighted by atomic mass is 16.7. The molecule has 1 saturated heterocycles. The van der Waals surface area contributed by atoms with Gasteiger partial charge in [0.2, 0.25) is 5.91 Å². The summed E-state index contributed by atoms with van der Waals surface area (Å²) in [5.74, 6) is -0.783. The third kappa shape index (κ3) is 2.27. The highest BCUT2D eigenvalue weighted by Crippen LogP contribution is 2.23. The van der Waals surface area contributed by atoms with Crippen molar-refractivity contribution in [1.82, 2.24) is 0 Å². The van der Waals surface area contributed by atoms with Gasteiger partial charge >= 0.3 is 0 Å². The number of aliphatic hydroxyl groups excluding tert-OH is 2. The van der Waals surface area contributed by atoms with Gasteiger partial charge in [-0.1, -0.05) is 0 Å². The zero-order valence-electron chi connectivity index (χ0n) is 8.49. The Morgan fingerprint density at radius 2 is 1.87 bits per heavy atom. The van der Waals surface area contributed by atoms with Gasteiger partial charge in [0.15, 0.2) is 12.4 Å². The molecule has 0 aromatic carbocycles. The van der Waals surface area contributed by atoms with Crippen molar-refractivity contribution in [3.63, 3.8) is 0 Å². The summed E-state index contributed by atoms with van der Waals surface area (Å²) in [5.41, 5.74) is 5.07. The van der Waals surface area contributed by atoms with Crippen molar-refractivity contribution in [2.24, 2.45) is 5.73 Å². The highest BCUT2D eigenvalue weighted by Gasteiger charge is 2.47. The van der Waals surface area contributed by atoms with E-state index in [1.165, 1.54) is 14.2 Å². The highest BCUT2D eigenvalue weighted by molar-refractivity contribution is 5.79. The molecule has 7 heteroatoms. The van der Waals surface area contributed by atoms with E-state index in [9.17, 15) is 15.0 Å². The summed E-state index contributed by atoms with van der Waals surface area (Å²) in [6.45, 7) is 0. The largest absolute Gasteiger partial charge is 0.387 e. The number of rotatable bonds is 3. The maximum Gasteiger partial charge on any atom is 0.249 e. The summed E-state index contributed by atoms with van der Waals surface area (Å²) in [6.07, 6.45) is -5.80. The van der Waals surface area contributed by atoms with Crippen molar-refractivity contribution in [3.05, 3.63) is 0 Å². The summed E-state index contributed by atoms with van der Waals surface area (Å²) in [5, 5.41) is 19.1. The molecule has 4 N–H and O–H groups in total. The molecule has 1 heterocycles. The molecule has 1 aliphatic rings. The van der Waals surface area contributed by atoms with E-state index in [0.717, 1.165) is 0 Å². The molecule has 1 fully saturated rings. The molecule has 0 aliphatic carbocycles. The summed E-state index contributed by atoms with van der Waals surface area (Å²) in [7, 11) is 2.57. The molecule has 1 aliphatic heterocycles. The Morgan fingerprint density at radius 1 is 1.27 bits per heavy atom. The number of primary amides is 1. The quantitative estimate of drug-likeness (QED) is 0.489. The first-order valence-corrected chi connectivity index (χ1v) is 4.39. The van der Waals surface area contributed by atoms with Crippen LogP contribution in [-0.2, 0) is 19.0 Å². The van der Waals surface area contributed by atoms with Crippen molar-refractivity contribution in [2.75, 3.05) is 14.2 Å². The first kappa shape index (κ1) is 12.3. The van der Waals surface area contributed by atoms with Crippen LogP contribution in [0.2, 0.25) is 0 Å². The van der Waals surface area contributed by atoms with E-state index < -0.39 is 36.6 Å². The molecule has 0 saturated carbocycles. The van der Waals surface area contributed by atoms with Crippen molar-refractivity contribution in [1.29, 1.82) is 0 Å². The second-order valence-electron chi connectivity index (χ2n) is 3.24. The Labute approximate surface area is 86.7 Å². The first-order chi connectivity index (χ1) is 7.02. The Morgan fingerprint density at radius 3 is 2.27 bits per heavy atom. The van der Waals surface area contributed by atoms with E-state index in [-0.39, 0.29) is 0 Å². The second-order valence-corrected chi connectivity index (χ2v) is 3.24. The average Bonchev–Trinajstić information content (AvgIpc) is 2.21. The number of carbonyl (C=O) groups is 1. The summed E-state index contributed by atoms with van der Waals surface area (Å²) in [6, 6.07) is 0. The molecule has 1 amide bonds. The number of carbonyl (C=O) groups excluding carboxylic acids is 1. The van der Waals surface area contributed by atoms with Crippen LogP contribution in [0.4, 0.5) is 0 Å². The minimum Gasteiger partial charge on any atom is -0.387 e. The van der Waals surface area contributed by atoms with Gasteiger partial charge in [-0.25, -0.2) is 0 Å². The number of ether oxygens (including phenoxy) is 3. The molecule has 0 radical (unpaired) electrons. The number of nitrogens with two attached hydrogens (primary N) is 1. The van der Waals surface area contributed by atoms with E-state index in [0.29, 0.717) is 0 Å². The van der Waals surface area contributed by atoms with Crippen molar-refractivity contribution >= 4 is 5.91 Å². The lowest BCUT2D eigenvalue weighted by Crippen LogP contribution is -2.61. The van der Waals surface area contributed by atoms with E-state index in [2.05, 4.69) is 0 Å². The lowest BCUT2D eigenvalue weighted by molar-refractivity contribution is -0.286. The molecule has 0 spiro atoms. The monoisotopic (exact) mass is 221 g/mol. The van der Waals surface area contributed by atoms with Crippen LogP contribution in [0.3, 0.4) is 0 Å². The normalized spacial score (nSPS) is 41.5. The van der Waals surface area contributed by atoms with E-state index in [4.69, 9.17) is 19.9 Å². The average molecular weight is 221 g/mol. The lowest BCUT2D eigenvalue weighted by Gasteiger charge is -2.39. The molecular formula is C8H15NO6. The Kier molecular flexibility index (Phi) is 4.00. The molecule has 0 aromatic rings. The van der Waals surface area contributed by atoms with Gasteiger partial charge in [0.1, 0.15) is 18.3 Å². The standard InChI is InChI=1S/C8H15NO6/c1-13-5-3(10)4(11)8(14-2)15-6(5)7(9)12/h3-6,8,10-11H,1-2H3,(H2,9,12)/t3-,4-,5+,6+,8+/m1/s1. The molecule has 0 bridgehead atoms. The molecule has 7 nitrogen and oxygen atoms in total. The second kappa shape index (κ2) is 4.86. The molecule has 88 valence electrons. The molecule has 0 unspecified atom stereocenters. The molecule has 0 aromatic heterocycles. The fourth-order valence-electron chi connectivity index (χ4n) is 1.52. The van der Waals surface area contributed by atoms with E-state index in [1.54, 1.807) is 0 Å². The molecule has 15 heavy (non-hydrogen) atoms. The van der Waals surface area contributed by atoms with Crippen LogP contribution in [0.25, 0.3) is 0 Å². The predicted octanol–water partition coefficient (Wildman–Crippen LogP) is -2.42. The first-order valence-electron chi connectivity index (χ1n) is 4.39. The number of aliphatic hydroxyl groups is 2. The van der Waals surface area contributed by atoms with Crippen LogP contribution in [0.1, 0.15) is 0 Å². The van der Waals surface area contributed by atoms with Gasteiger partial charge in [-0.3, -0.25) is 4.79 Å². The van der Waals surface area contributed by atoms with Crippen molar-refractivity contribution in [3.8, 4) is 0 Å². The molecule has 5 atom stereocenters. The summed E-state index contributed by atoms with van der Waals surface area (Å²) in [4.78, 5) is 11.0. The number of amides is 1. The van der Waals surface area contributed by atoms with Crippen LogP contribution in [-0.4, -0.2) is 61.0 Å². The van der Waals surface area contributed by atoms with Gasteiger partial charge in [0.25, 0.3) is 0 Å². The van der Waals surface area contributed by atoms with Crippen LogP contribution in [0, 0.1) is 0 Å². The fourth-order valence-corrected chi connectivity index (χ4v) is 1.52. The Bertz CT molecular complexity index is 235. The third-order valence-corrected chi connectivity index (χ3v) is 2.33. The van der Waals surface area contributed by atoms with Crippen LogP contribution < -0.4 is 5.73 Å². The minimum absolute atomic E-state index is 0.783. The lowest BCUT2D eigenvalue weighted by atomic mass is 9.98. The van der Waals surface area contributed by atoms with Gasteiger partial charge in [0, 0.05) is 14.2 Å². The SMILES string of the molecule is CO[C@H]1O[C@H](C(N)=O)[C@@H](OC)[C@H](O)[C@H]1O. The summed E-state index contributed by atoms with van der Waals surface area (Å²) < 4.78 is 14.7. The fraction of sp³-hybridized carbons (Fsp3) is 0.875. The van der Waals surface area contributed by atoms with Crippen LogP contribution >= 0.6 is 0 Å². The van der Waals surface area contributed by atoms with Gasteiger partial charge in [0.05, 0.1) is 0 Å². The zero-order valence-corrected chi connectivity index (χ0v) is 8.49. The Balaban J connectivity index is 2.84. The predicted molar refractivity (Wildman–Crippen MR) is 47.7 cm³/mol. The van der Waals surface area contributed by atoms with Gasteiger partial charge in [-0.2, -0.15) is 0 Å². The van der Waals surface area contributed by atoms with E-state index in [1.807, 2.05) is 0 Å². The van der Waals surface area contributed by atoms with Gasteiger partial charge in [-0.15, -0.1) is 0 Å². The van der Waals surface area contributed by atoms with Crippen LogP contribution in [0.15, 0.2) is 0 Å². The Hall–Kier alpha value is -0.730. The van der Waals surface area contributed by atoms with E-state index >= 15 is 0 Å².